The van der Waals surface area contributed by atoms with Crippen molar-refractivity contribution < 1.29 is 0 Å². The standard InChI is InChI=1S/C14H23N7/c1-5-21(6-2)14-17-12(15)7-13(18-14)20(4)9-11-8-16-19-10(11)3/h7-8H,5-6,9H2,1-4H3,(H,16,19)(H2,15,17,18). The van der Waals surface area contributed by atoms with Gasteiger partial charge in [-0.15, -0.1) is 0 Å². The molecule has 0 aromatic carbocycles. The maximum Gasteiger partial charge on any atom is 0.229 e. The number of rotatable bonds is 6. The molecule has 7 nitrogen and oxygen atoms in total. The van der Waals surface area contributed by atoms with Gasteiger partial charge in [-0.3, -0.25) is 5.10 Å². The molecule has 0 aliphatic heterocycles. The number of hydrogen-bond acceptors (Lipinski definition) is 6. The maximum atomic E-state index is 5.92. The van der Waals surface area contributed by atoms with Crippen molar-refractivity contribution in [2.75, 3.05) is 35.7 Å². The van der Waals surface area contributed by atoms with Gasteiger partial charge in [0.25, 0.3) is 0 Å². The number of aryl methyl sites for hydroxylation is 1. The number of H-pyrrole nitrogens is 1. The molecule has 2 aromatic heterocycles. The summed E-state index contributed by atoms with van der Waals surface area (Å²) in [5, 5.41) is 6.98. The van der Waals surface area contributed by atoms with Crippen LogP contribution in [0.25, 0.3) is 0 Å². The zero-order chi connectivity index (χ0) is 15.4. The Morgan fingerprint density at radius 1 is 1.24 bits per heavy atom. The average molecular weight is 289 g/mol. The van der Waals surface area contributed by atoms with Gasteiger partial charge in [-0.25, -0.2) is 0 Å². The summed E-state index contributed by atoms with van der Waals surface area (Å²) in [7, 11) is 1.99. The number of anilines is 3. The molecule has 0 bridgehead atoms. The van der Waals surface area contributed by atoms with E-state index in [4.69, 9.17) is 5.73 Å². The summed E-state index contributed by atoms with van der Waals surface area (Å²) in [5.41, 5.74) is 8.13. The number of nitrogens with zero attached hydrogens (tertiary/aromatic N) is 5. The minimum Gasteiger partial charge on any atom is -0.383 e. The van der Waals surface area contributed by atoms with Gasteiger partial charge in [-0.1, -0.05) is 0 Å². The van der Waals surface area contributed by atoms with Gasteiger partial charge in [0.05, 0.1) is 6.20 Å². The second kappa shape index (κ2) is 6.43. The van der Waals surface area contributed by atoms with E-state index in [0.29, 0.717) is 11.8 Å². The molecule has 0 fully saturated rings. The van der Waals surface area contributed by atoms with E-state index in [1.807, 2.05) is 25.1 Å². The lowest BCUT2D eigenvalue weighted by Gasteiger charge is -2.23. The Kier molecular flexibility index (Phi) is 4.62. The first-order chi connectivity index (χ1) is 10.0. The zero-order valence-electron chi connectivity index (χ0n) is 13.1. The number of nitrogen functional groups attached to an aromatic ring is 1. The lowest BCUT2D eigenvalue weighted by Crippen LogP contribution is -2.26. The highest BCUT2D eigenvalue weighted by Gasteiger charge is 2.12. The van der Waals surface area contributed by atoms with Crippen molar-refractivity contribution in [1.82, 2.24) is 20.2 Å². The SMILES string of the molecule is CCN(CC)c1nc(N)cc(N(C)Cc2cn[nH]c2C)n1. The number of aromatic amines is 1. The molecule has 3 N–H and O–H groups in total. The summed E-state index contributed by atoms with van der Waals surface area (Å²) in [6, 6.07) is 1.79. The van der Waals surface area contributed by atoms with Crippen molar-refractivity contribution in [3.8, 4) is 0 Å². The van der Waals surface area contributed by atoms with Crippen molar-refractivity contribution in [2.45, 2.75) is 27.3 Å². The Labute approximate surface area is 125 Å². The smallest absolute Gasteiger partial charge is 0.229 e. The molecule has 0 saturated heterocycles. The molecular formula is C14H23N7. The van der Waals surface area contributed by atoms with Crippen LogP contribution in [0, 0.1) is 6.92 Å². The van der Waals surface area contributed by atoms with Crippen LogP contribution in [0.4, 0.5) is 17.6 Å². The van der Waals surface area contributed by atoms with Gasteiger partial charge < -0.3 is 15.5 Å². The van der Waals surface area contributed by atoms with Crippen LogP contribution in [0.2, 0.25) is 0 Å². The fourth-order valence-electron chi connectivity index (χ4n) is 2.15. The highest BCUT2D eigenvalue weighted by Crippen LogP contribution is 2.20. The Balaban J connectivity index is 2.24. The zero-order valence-corrected chi connectivity index (χ0v) is 13.1. The van der Waals surface area contributed by atoms with Crippen LogP contribution >= 0.6 is 0 Å². The van der Waals surface area contributed by atoms with E-state index in [1.54, 1.807) is 6.07 Å². The topological polar surface area (TPSA) is 87.0 Å². The molecule has 0 unspecified atom stereocenters. The molecule has 7 heteroatoms. The largest absolute Gasteiger partial charge is 0.383 e. The summed E-state index contributed by atoms with van der Waals surface area (Å²) in [4.78, 5) is 13.1. The molecule has 0 aliphatic carbocycles. The third-order valence-electron chi connectivity index (χ3n) is 3.50. The Bertz CT molecular complexity index is 589. The first kappa shape index (κ1) is 15.1. The lowest BCUT2D eigenvalue weighted by atomic mass is 10.2. The van der Waals surface area contributed by atoms with Gasteiger partial charge in [0, 0.05) is 44.0 Å². The molecule has 0 spiro atoms. The molecular weight excluding hydrogens is 266 g/mol. The van der Waals surface area contributed by atoms with E-state index in [2.05, 4.69) is 38.9 Å². The molecule has 114 valence electrons. The number of nitrogens with one attached hydrogen (secondary N) is 1. The number of nitrogens with two attached hydrogens (primary N) is 1. The van der Waals surface area contributed by atoms with Crippen molar-refractivity contribution in [2.24, 2.45) is 0 Å². The first-order valence-electron chi connectivity index (χ1n) is 7.14. The van der Waals surface area contributed by atoms with Crippen molar-refractivity contribution in [1.29, 1.82) is 0 Å². The highest BCUT2D eigenvalue weighted by molar-refractivity contribution is 5.52. The van der Waals surface area contributed by atoms with Gasteiger partial charge in [-0.2, -0.15) is 15.1 Å². The van der Waals surface area contributed by atoms with Crippen molar-refractivity contribution in [3.63, 3.8) is 0 Å². The predicted molar refractivity (Wildman–Crippen MR) is 85.4 cm³/mol. The number of aromatic nitrogens is 4. The third kappa shape index (κ3) is 3.42. The molecule has 2 rings (SSSR count). The van der Waals surface area contributed by atoms with Crippen LogP contribution in [-0.4, -0.2) is 40.3 Å². The van der Waals surface area contributed by atoms with E-state index < -0.39 is 0 Å². The normalized spacial score (nSPS) is 10.7. The van der Waals surface area contributed by atoms with Crippen LogP contribution in [0.3, 0.4) is 0 Å². The van der Waals surface area contributed by atoms with Crippen LogP contribution in [0.1, 0.15) is 25.1 Å². The summed E-state index contributed by atoms with van der Waals surface area (Å²) in [6.07, 6.45) is 1.84. The molecule has 0 aliphatic rings. The average Bonchev–Trinajstić information content (AvgIpc) is 2.85. The molecule has 0 saturated carbocycles. The Morgan fingerprint density at radius 3 is 2.52 bits per heavy atom. The number of hydrogen-bond donors (Lipinski definition) is 2. The second-order valence-corrected chi connectivity index (χ2v) is 5.00. The summed E-state index contributed by atoms with van der Waals surface area (Å²) < 4.78 is 0. The molecule has 0 radical (unpaired) electrons. The quantitative estimate of drug-likeness (QED) is 0.839. The second-order valence-electron chi connectivity index (χ2n) is 5.00. The van der Waals surface area contributed by atoms with Crippen LogP contribution in [0.15, 0.2) is 12.3 Å². The summed E-state index contributed by atoms with van der Waals surface area (Å²) in [5.74, 6) is 1.97. The Hall–Kier alpha value is -2.31. The fraction of sp³-hybridized carbons (Fsp3) is 0.500. The lowest BCUT2D eigenvalue weighted by molar-refractivity contribution is 0.810. The van der Waals surface area contributed by atoms with Crippen LogP contribution < -0.4 is 15.5 Å². The van der Waals surface area contributed by atoms with E-state index in [9.17, 15) is 0 Å². The van der Waals surface area contributed by atoms with Gasteiger partial charge in [-0.05, 0) is 20.8 Å². The van der Waals surface area contributed by atoms with Crippen LogP contribution in [-0.2, 0) is 6.54 Å². The van der Waals surface area contributed by atoms with E-state index in [0.717, 1.165) is 36.7 Å². The van der Waals surface area contributed by atoms with Crippen LogP contribution in [0.5, 0.6) is 0 Å². The van der Waals surface area contributed by atoms with Crippen molar-refractivity contribution in [3.05, 3.63) is 23.5 Å². The highest BCUT2D eigenvalue weighted by atomic mass is 15.3. The molecule has 2 aromatic rings. The summed E-state index contributed by atoms with van der Waals surface area (Å²) in [6.45, 7) is 8.58. The monoisotopic (exact) mass is 289 g/mol. The van der Waals surface area contributed by atoms with Gasteiger partial charge in [0.15, 0.2) is 0 Å². The van der Waals surface area contributed by atoms with Crippen molar-refractivity contribution >= 4 is 17.6 Å². The maximum absolute atomic E-state index is 5.92. The van der Waals surface area contributed by atoms with E-state index >= 15 is 0 Å². The van der Waals surface area contributed by atoms with Gasteiger partial charge >= 0.3 is 0 Å². The molecule has 21 heavy (non-hydrogen) atoms. The van der Waals surface area contributed by atoms with E-state index in [1.165, 1.54) is 0 Å². The van der Waals surface area contributed by atoms with E-state index in [-0.39, 0.29) is 0 Å². The third-order valence-corrected chi connectivity index (χ3v) is 3.50. The molecule has 2 heterocycles. The van der Waals surface area contributed by atoms with Gasteiger partial charge in [0.2, 0.25) is 5.95 Å². The molecule has 0 amide bonds. The first-order valence-corrected chi connectivity index (χ1v) is 7.14. The summed E-state index contributed by atoms with van der Waals surface area (Å²) >= 11 is 0. The predicted octanol–water partition coefficient (Wildman–Crippen LogP) is 1.57. The molecule has 0 atom stereocenters. The van der Waals surface area contributed by atoms with Gasteiger partial charge in [0.1, 0.15) is 11.6 Å². The fourth-order valence-corrected chi connectivity index (χ4v) is 2.15. The Morgan fingerprint density at radius 2 is 1.95 bits per heavy atom. The minimum absolute atomic E-state index is 0.484. The minimum atomic E-state index is 0.484.